The molecule has 3 amide bonds. The molecule has 2 N–H and O–H groups in total. The van der Waals surface area contributed by atoms with Gasteiger partial charge in [-0.2, -0.15) is 0 Å². The Morgan fingerprint density at radius 2 is 1.96 bits per heavy atom. The van der Waals surface area contributed by atoms with Crippen molar-refractivity contribution in [3.05, 3.63) is 29.4 Å². The van der Waals surface area contributed by atoms with Gasteiger partial charge in [0.25, 0.3) is 0 Å². The highest BCUT2D eigenvalue weighted by atomic mass is 32.1. The highest BCUT2D eigenvalue weighted by Crippen LogP contribution is 2.42. The number of carbonyl (C=O) groups excluding carboxylic acids is 2. The van der Waals surface area contributed by atoms with E-state index >= 15 is 0 Å². The Bertz CT molecular complexity index is 831. The zero-order valence-corrected chi connectivity index (χ0v) is 16.5. The van der Waals surface area contributed by atoms with Crippen LogP contribution in [0.5, 0.6) is 0 Å². The van der Waals surface area contributed by atoms with Crippen LogP contribution in [0.4, 0.5) is 15.7 Å². The number of nitrogens with zero attached hydrogens (tertiary/aromatic N) is 5. The first-order valence-corrected chi connectivity index (χ1v) is 10.3. The summed E-state index contributed by atoms with van der Waals surface area (Å²) in [6.07, 6.45) is 4.05. The third kappa shape index (κ3) is 4.38. The number of carbonyl (C=O) groups is 2. The smallest absolute Gasteiger partial charge is 0.318 e. The van der Waals surface area contributed by atoms with Crippen LogP contribution in [0.3, 0.4) is 0 Å². The lowest BCUT2D eigenvalue weighted by molar-refractivity contribution is -0.117. The number of aromatic nitrogens is 3. The Labute approximate surface area is 167 Å². The number of pyridine rings is 1. The minimum absolute atomic E-state index is 0.237. The minimum atomic E-state index is -0.658. The van der Waals surface area contributed by atoms with E-state index in [1.807, 2.05) is 18.2 Å². The number of amides is 3. The van der Waals surface area contributed by atoms with Gasteiger partial charge in [0, 0.05) is 38.3 Å². The predicted octanol–water partition coefficient (Wildman–Crippen LogP) is 1.67. The van der Waals surface area contributed by atoms with E-state index in [9.17, 15) is 9.59 Å². The maximum atomic E-state index is 12.5. The van der Waals surface area contributed by atoms with Crippen molar-refractivity contribution in [2.45, 2.75) is 31.7 Å². The number of hydrogen-bond acceptors (Lipinski definition) is 7. The minimum Gasteiger partial charge on any atom is -0.353 e. The summed E-state index contributed by atoms with van der Waals surface area (Å²) in [6, 6.07) is 4.90. The van der Waals surface area contributed by atoms with Crippen molar-refractivity contribution in [3.8, 4) is 0 Å². The molecule has 2 aromatic heterocycles. The molecule has 2 aromatic rings. The number of piperazine rings is 1. The molecule has 4 rings (SSSR count). The average molecular weight is 401 g/mol. The van der Waals surface area contributed by atoms with Crippen LogP contribution in [0.2, 0.25) is 0 Å². The molecule has 2 fully saturated rings. The Kier molecular flexibility index (Phi) is 5.38. The molecule has 1 saturated heterocycles. The second kappa shape index (κ2) is 8.09. The van der Waals surface area contributed by atoms with Gasteiger partial charge in [0.2, 0.25) is 11.0 Å². The fraction of sp³-hybridized carbons (Fsp3) is 0.500. The number of urea groups is 1. The lowest BCUT2D eigenvalue weighted by Crippen LogP contribution is -2.54. The Balaban J connectivity index is 1.24. The molecule has 0 spiro atoms. The molecule has 0 aromatic carbocycles. The summed E-state index contributed by atoms with van der Waals surface area (Å²) < 4.78 is 0. The van der Waals surface area contributed by atoms with Crippen LogP contribution in [0.15, 0.2) is 24.4 Å². The average Bonchev–Trinajstić information content (AvgIpc) is 3.48. The topological polar surface area (TPSA) is 103 Å². The SMILES string of the molecule is C[C@H](NC(=O)N1CCN(c2ccccn2)CC1)C(=O)Nc1nnc(C2CC2)s1. The van der Waals surface area contributed by atoms with Crippen molar-refractivity contribution in [3.63, 3.8) is 0 Å². The third-order valence-electron chi connectivity index (χ3n) is 4.87. The summed E-state index contributed by atoms with van der Waals surface area (Å²) in [5.74, 6) is 1.13. The first-order chi connectivity index (χ1) is 13.6. The van der Waals surface area contributed by atoms with Gasteiger partial charge < -0.3 is 15.1 Å². The normalized spacial score (nSPS) is 17.9. The van der Waals surface area contributed by atoms with E-state index in [2.05, 4.69) is 30.7 Å². The zero-order valence-electron chi connectivity index (χ0n) is 15.7. The van der Waals surface area contributed by atoms with Gasteiger partial charge in [0.15, 0.2) is 0 Å². The number of rotatable bonds is 5. The molecule has 3 heterocycles. The Morgan fingerprint density at radius 3 is 2.64 bits per heavy atom. The molecule has 1 aliphatic carbocycles. The van der Waals surface area contributed by atoms with E-state index in [0.717, 1.165) is 23.7 Å². The van der Waals surface area contributed by atoms with Crippen molar-refractivity contribution in [2.75, 3.05) is 36.4 Å². The predicted molar refractivity (Wildman–Crippen MR) is 107 cm³/mol. The number of anilines is 2. The summed E-state index contributed by atoms with van der Waals surface area (Å²) in [4.78, 5) is 33.0. The molecular weight excluding hydrogens is 378 g/mol. The summed E-state index contributed by atoms with van der Waals surface area (Å²) in [5, 5.41) is 15.1. The van der Waals surface area contributed by atoms with E-state index in [0.29, 0.717) is 37.2 Å². The maximum absolute atomic E-state index is 12.5. The molecule has 1 saturated carbocycles. The van der Waals surface area contributed by atoms with Crippen LogP contribution in [-0.2, 0) is 4.79 Å². The lowest BCUT2D eigenvalue weighted by atomic mass is 10.3. The van der Waals surface area contributed by atoms with Crippen molar-refractivity contribution in [1.29, 1.82) is 0 Å². The first kappa shape index (κ1) is 18.6. The van der Waals surface area contributed by atoms with Gasteiger partial charge in [-0.1, -0.05) is 17.4 Å². The molecule has 0 unspecified atom stereocenters. The van der Waals surface area contributed by atoms with Gasteiger partial charge >= 0.3 is 6.03 Å². The van der Waals surface area contributed by atoms with Crippen molar-refractivity contribution < 1.29 is 9.59 Å². The van der Waals surface area contributed by atoms with E-state index < -0.39 is 6.04 Å². The zero-order chi connectivity index (χ0) is 19.5. The molecule has 1 aliphatic heterocycles. The second-order valence-corrected chi connectivity index (χ2v) is 8.05. The maximum Gasteiger partial charge on any atom is 0.318 e. The summed E-state index contributed by atoms with van der Waals surface area (Å²) in [6.45, 7) is 4.25. The molecule has 148 valence electrons. The van der Waals surface area contributed by atoms with Crippen molar-refractivity contribution in [1.82, 2.24) is 25.4 Å². The van der Waals surface area contributed by atoms with Gasteiger partial charge in [-0.25, -0.2) is 9.78 Å². The summed E-state index contributed by atoms with van der Waals surface area (Å²) >= 11 is 1.41. The molecule has 2 aliphatic rings. The Hall–Kier alpha value is -2.75. The van der Waals surface area contributed by atoms with Crippen LogP contribution < -0.4 is 15.5 Å². The van der Waals surface area contributed by atoms with Gasteiger partial charge in [-0.3, -0.25) is 10.1 Å². The molecule has 28 heavy (non-hydrogen) atoms. The standard InChI is InChI=1S/C18H23N7O2S/c1-12(15(26)21-17-23-22-16(28-17)13-5-6-13)20-18(27)25-10-8-24(9-11-25)14-4-2-3-7-19-14/h2-4,7,12-13H,5-6,8-11H2,1H3,(H,20,27)(H,21,23,26)/t12-/m0/s1. The van der Waals surface area contributed by atoms with E-state index in [1.54, 1.807) is 18.0 Å². The van der Waals surface area contributed by atoms with Gasteiger partial charge in [-0.15, -0.1) is 10.2 Å². The molecule has 0 radical (unpaired) electrons. The molecule has 1 atom stereocenters. The quantitative estimate of drug-likeness (QED) is 0.790. The Morgan fingerprint density at radius 1 is 1.18 bits per heavy atom. The van der Waals surface area contributed by atoms with Crippen molar-refractivity contribution in [2.24, 2.45) is 0 Å². The monoisotopic (exact) mass is 401 g/mol. The molecular formula is C18H23N7O2S. The van der Waals surface area contributed by atoms with Crippen LogP contribution in [0.25, 0.3) is 0 Å². The van der Waals surface area contributed by atoms with E-state index in [4.69, 9.17) is 0 Å². The fourth-order valence-corrected chi connectivity index (χ4v) is 3.93. The van der Waals surface area contributed by atoms with Crippen LogP contribution in [0.1, 0.15) is 30.7 Å². The van der Waals surface area contributed by atoms with Gasteiger partial charge in [0.1, 0.15) is 16.9 Å². The second-order valence-electron chi connectivity index (χ2n) is 7.04. The molecule has 9 nitrogen and oxygen atoms in total. The van der Waals surface area contributed by atoms with Gasteiger partial charge in [0.05, 0.1) is 0 Å². The summed E-state index contributed by atoms with van der Waals surface area (Å²) in [5.41, 5.74) is 0. The lowest BCUT2D eigenvalue weighted by Gasteiger charge is -2.35. The summed E-state index contributed by atoms with van der Waals surface area (Å²) in [7, 11) is 0. The van der Waals surface area contributed by atoms with Crippen LogP contribution in [0, 0.1) is 0 Å². The molecule has 0 bridgehead atoms. The first-order valence-electron chi connectivity index (χ1n) is 9.46. The fourth-order valence-electron chi connectivity index (χ4n) is 3.02. The largest absolute Gasteiger partial charge is 0.353 e. The molecule has 10 heteroatoms. The van der Waals surface area contributed by atoms with Crippen LogP contribution in [-0.4, -0.2) is 64.2 Å². The van der Waals surface area contributed by atoms with Crippen LogP contribution >= 0.6 is 11.3 Å². The van der Waals surface area contributed by atoms with E-state index in [1.165, 1.54) is 11.3 Å². The van der Waals surface area contributed by atoms with E-state index in [-0.39, 0.29) is 11.9 Å². The van der Waals surface area contributed by atoms with Gasteiger partial charge in [-0.05, 0) is 31.9 Å². The number of nitrogens with one attached hydrogen (secondary N) is 2. The highest BCUT2D eigenvalue weighted by Gasteiger charge is 2.28. The van der Waals surface area contributed by atoms with Crippen molar-refractivity contribution >= 4 is 34.2 Å². The third-order valence-corrected chi connectivity index (χ3v) is 5.87. The number of hydrogen-bond donors (Lipinski definition) is 2. The highest BCUT2D eigenvalue weighted by molar-refractivity contribution is 7.15.